The van der Waals surface area contributed by atoms with E-state index in [0.29, 0.717) is 6.42 Å². The Balaban J connectivity index is 1.77. The second kappa shape index (κ2) is 7.27. The van der Waals surface area contributed by atoms with Gasteiger partial charge in [-0.2, -0.15) is 0 Å². The van der Waals surface area contributed by atoms with E-state index in [1.807, 2.05) is 30.3 Å². The molecule has 0 aliphatic heterocycles. The summed E-state index contributed by atoms with van der Waals surface area (Å²) in [6, 6.07) is 14.0. The van der Waals surface area contributed by atoms with Crippen LogP contribution in [-0.4, -0.2) is 29.1 Å². The van der Waals surface area contributed by atoms with Crippen molar-refractivity contribution < 1.29 is 19.4 Å². The van der Waals surface area contributed by atoms with Crippen LogP contribution < -0.4 is 11.5 Å². The van der Waals surface area contributed by atoms with Crippen LogP contribution in [0.5, 0.6) is 0 Å². The SMILES string of the molecule is NCCCC(N)(C(=O)O)C(=O)OCc1cccc2c1Cc1ccccc1-2. The van der Waals surface area contributed by atoms with Gasteiger partial charge in [0.05, 0.1) is 0 Å². The maximum Gasteiger partial charge on any atom is 0.338 e. The van der Waals surface area contributed by atoms with E-state index in [1.54, 1.807) is 0 Å². The number of hydrogen-bond donors (Lipinski definition) is 3. The van der Waals surface area contributed by atoms with Crippen molar-refractivity contribution in [2.45, 2.75) is 31.4 Å². The lowest BCUT2D eigenvalue weighted by Gasteiger charge is -2.22. The lowest BCUT2D eigenvalue weighted by molar-refractivity contribution is -0.162. The third-order valence-electron chi connectivity index (χ3n) is 4.83. The van der Waals surface area contributed by atoms with Crippen molar-refractivity contribution in [1.29, 1.82) is 0 Å². The standard InChI is InChI=1S/C20H22N2O4/c21-10-4-9-20(22,18(23)24)19(25)26-12-14-6-3-8-16-15-7-2-1-5-13(15)11-17(14)16/h1-3,5-8H,4,9-12,21-22H2,(H,23,24). The first-order valence-corrected chi connectivity index (χ1v) is 8.56. The fourth-order valence-electron chi connectivity index (χ4n) is 3.31. The maximum absolute atomic E-state index is 12.3. The number of carboxylic acid groups (broad SMARTS) is 1. The van der Waals surface area contributed by atoms with Gasteiger partial charge in [0.15, 0.2) is 0 Å². The van der Waals surface area contributed by atoms with Crippen LogP contribution in [0.4, 0.5) is 0 Å². The lowest BCUT2D eigenvalue weighted by Crippen LogP contribution is -2.55. The van der Waals surface area contributed by atoms with E-state index in [-0.39, 0.29) is 19.6 Å². The number of hydrogen-bond acceptors (Lipinski definition) is 5. The Morgan fingerprint density at radius 3 is 2.58 bits per heavy atom. The zero-order valence-electron chi connectivity index (χ0n) is 14.4. The van der Waals surface area contributed by atoms with E-state index in [2.05, 4.69) is 12.1 Å². The Labute approximate surface area is 151 Å². The summed E-state index contributed by atoms with van der Waals surface area (Å²) >= 11 is 0. The number of carbonyl (C=O) groups excluding carboxylic acids is 1. The highest BCUT2D eigenvalue weighted by Gasteiger charge is 2.43. The molecule has 1 aliphatic carbocycles. The first-order valence-electron chi connectivity index (χ1n) is 8.56. The van der Waals surface area contributed by atoms with Crippen molar-refractivity contribution in [2.75, 3.05) is 6.54 Å². The molecule has 0 amide bonds. The van der Waals surface area contributed by atoms with Crippen molar-refractivity contribution in [3.05, 3.63) is 59.2 Å². The number of carbonyl (C=O) groups is 2. The van der Waals surface area contributed by atoms with E-state index >= 15 is 0 Å². The van der Waals surface area contributed by atoms with Gasteiger partial charge in [-0.1, -0.05) is 42.5 Å². The third-order valence-corrected chi connectivity index (χ3v) is 4.83. The van der Waals surface area contributed by atoms with Crippen LogP contribution in [0.1, 0.15) is 29.5 Å². The number of benzene rings is 2. The number of aliphatic carboxylic acids is 1. The molecule has 0 heterocycles. The molecule has 1 aliphatic rings. The normalized spacial score (nSPS) is 14.2. The molecule has 0 radical (unpaired) electrons. The molecule has 6 heteroatoms. The van der Waals surface area contributed by atoms with Crippen molar-refractivity contribution in [2.24, 2.45) is 11.5 Å². The summed E-state index contributed by atoms with van der Waals surface area (Å²) in [7, 11) is 0. The highest BCUT2D eigenvalue weighted by molar-refractivity contribution is 6.03. The second-order valence-corrected chi connectivity index (χ2v) is 6.52. The van der Waals surface area contributed by atoms with Gasteiger partial charge in [0.2, 0.25) is 5.54 Å². The molecule has 26 heavy (non-hydrogen) atoms. The molecule has 5 N–H and O–H groups in total. The van der Waals surface area contributed by atoms with Crippen molar-refractivity contribution >= 4 is 11.9 Å². The van der Waals surface area contributed by atoms with Gasteiger partial charge in [-0.25, -0.2) is 9.59 Å². The number of carboxylic acids is 1. The van der Waals surface area contributed by atoms with E-state index < -0.39 is 17.5 Å². The minimum Gasteiger partial charge on any atom is -0.479 e. The summed E-state index contributed by atoms with van der Waals surface area (Å²) in [4.78, 5) is 23.8. The largest absolute Gasteiger partial charge is 0.479 e. The molecule has 0 spiro atoms. The van der Waals surface area contributed by atoms with Gasteiger partial charge in [0.1, 0.15) is 6.61 Å². The Kier molecular flexibility index (Phi) is 5.06. The van der Waals surface area contributed by atoms with Crippen LogP contribution in [0.25, 0.3) is 11.1 Å². The summed E-state index contributed by atoms with van der Waals surface area (Å²) < 4.78 is 5.29. The van der Waals surface area contributed by atoms with E-state index in [4.69, 9.17) is 16.2 Å². The number of ether oxygens (including phenoxy) is 1. The van der Waals surface area contributed by atoms with Crippen LogP contribution in [0.15, 0.2) is 42.5 Å². The van der Waals surface area contributed by atoms with Gasteiger partial charge in [-0.05, 0) is 53.6 Å². The summed E-state index contributed by atoms with van der Waals surface area (Å²) in [5.41, 5.74) is 14.6. The zero-order chi connectivity index (χ0) is 18.7. The Morgan fingerprint density at radius 1 is 1.12 bits per heavy atom. The molecular weight excluding hydrogens is 332 g/mol. The molecule has 136 valence electrons. The third kappa shape index (κ3) is 3.21. The number of nitrogens with two attached hydrogens (primary N) is 2. The van der Waals surface area contributed by atoms with E-state index in [0.717, 1.165) is 23.1 Å². The van der Waals surface area contributed by atoms with Crippen molar-refractivity contribution in [1.82, 2.24) is 0 Å². The first kappa shape index (κ1) is 18.1. The average molecular weight is 354 g/mol. The fourth-order valence-corrected chi connectivity index (χ4v) is 3.31. The van der Waals surface area contributed by atoms with Crippen molar-refractivity contribution in [3.63, 3.8) is 0 Å². The summed E-state index contributed by atoms with van der Waals surface area (Å²) in [6.07, 6.45) is 1.03. The highest BCUT2D eigenvalue weighted by atomic mass is 16.5. The molecule has 1 atom stereocenters. The zero-order valence-corrected chi connectivity index (χ0v) is 14.4. The van der Waals surface area contributed by atoms with Crippen LogP contribution in [0.3, 0.4) is 0 Å². The molecule has 1 unspecified atom stereocenters. The van der Waals surface area contributed by atoms with Crippen LogP contribution >= 0.6 is 0 Å². The molecule has 0 aromatic heterocycles. The monoisotopic (exact) mass is 354 g/mol. The van der Waals surface area contributed by atoms with Gasteiger partial charge < -0.3 is 21.3 Å². The number of esters is 1. The molecule has 0 bridgehead atoms. The molecular formula is C20H22N2O4. The van der Waals surface area contributed by atoms with E-state index in [9.17, 15) is 14.7 Å². The summed E-state index contributed by atoms with van der Waals surface area (Å²) in [5, 5.41) is 9.33. The molecule has 2 aromatic carbocycles. The van der Waals surface area contributed by atoms with Gasteiger partial charge in [-0.15, -0.1) is 0 Å². The van der Waals surface area contributed by atoms with Crippen molar-refractivity contribution in [3.8, 4) is 11.1 Å². The smallest absolute Gasteiger partial charge is 0.338 e. The Hall–Kier alpha value is -2.70. The van der Waals surface area contributed by atoms with Gasteiger partial charge in [0.25, 0.3) is 0 Å². The minimum atomic E-state index is -2.07. The molecule has 3 rings (SSSR count). The van der Waals surface area contributed by atoms with Crippen LogP contribution in [-0.2, 0) is 27.4 Å². The molecule has 0 saturated heterocycles. The average Bonchev–Trinajstić information content (AvgIpc) is 3.03. The minimum absolute atomic E-state index is 0.00908. The second-order valence-electron chi connectivity index (χ2n) is 6.52. The quantitative estimate of drug-likeness (QED) is 0.440. The molecule has 6 nitrogen and oxygen atoms in total. The van der Waals surface area contributed by atoms with Crippen LogP contribution in [0.2, 0.25) is 0 Å². The predicted octanol–water partition coefficient (Wildman–Crippen LogP) is 1.82. The van der Waals surface area contributed by atoms with Crippen LogP contribution in [0, 0.1) is 0 Å². The lowest BCUT2D eigenvalue weighted by atomic mass is 9.95. The first-order chi connectivity index (χ1) is 12.5. The maximum atomic E-state index is 12.3. The Bertz CT molecular complexity index is 849. The van der Waals surface area contributed by atoms with E-state index in [1.165, 1.54) is 11.1 Å². The predicted molar refractivity (Wildman–Crippen MR) is 97.3 cm³/mol. The van der Waals surface area contributed by atoms with Gasteiger partial charge in [0, 0.05) is 0 Å². The number of rotatable bonds is 7. The fraction of sp³-hybridized carbons (Fsp3) is 0.300. The number of fused-ring (bicyclic) bond motifs is 3. The summed E-state index contributed by atoms with van der Waals surface area (Å²) in [5.74, 6) is -2.34. The van der Waals surface area contributed by atoms with Gasteiger partial charge in [-0.3, -0.25) is 0 Å². The molecule has 0 fully saturated rings. The van der Waals surface area contributed by atoms with Gasteiger partial charge >= 0.3 is 11.9 Å². The topological polar surface area (TPSA) is 116 Å². The molecule has 2 aromatic rings. The summed E-state index contributed by atoms with van der Waals surface area (Å²) in [6.45, 7) is 0.245. The molecule has 0 saturated carbocycles. The Morgan fingerprint density at radius 2 is 1.85 bits per heavy atom. The highest BCUT2D eigenvalue weighted by Crippen LogP contribution is 2.38.